The summed E-state index contributed by atoms with van der Waals surface area (Å²) in [6.45, 7) is 2.01. The molecule has 4 rings (SSSR count). The lowest BCUT2D eigenvalue weighted by Gasteiger charge is -2.15. The van der Waals surface area contributed by atoms with Crippen molar-refractivity contribution in [3.8, 4) is 0 Å². The van der Waals surface area contributed by atoms with Crippen LogP contribution in [0.5, 0.6) is 0 Å². The summed E-state index contributed by atoms with van der Waals surface area (Å²) in [5.41, 5.74) is 3.57. The Balaban J connectivity index is 1.82. The Bertz CT molecular complexity index is 832. The molecule has 2 aliphatic rings. The van der Waals surface area contributed by atoms with E-state index in [0.29, 0.717) is 22.1 Å². The lowest BCUT2D eigenvalue weighted by atomic mass is 9.89. The highest BCUT2D eigenvalue weighted by molar-refractivity contribution is 7.15. The smallest absolute Gasteiger partial charge is 0.205 e. The van der Waals surface area contributed by atoms with Gasteiger partial charge < -0.3 is 4.74 Å². The van der Waals surface area contributed by atoms with Crippen LogP contribution in [0.1, 0.15) is 37.1 Å². The van der Waals surface area contributed by atoms with Crippen LogP contribution in [-0.2, 0) is 16.0 Å². The van der Waals surface area contributed by atoms with Gasteiger partial charge in [-0.25, -0.2) is 4.98 Å². The van der Waals surface area contributed by atoms with Crippen LogP contribution in [0.15, 0.2) is 24.3 Å². The zero-order chi connectivity index (χ0) is 14.6. The van der Waals surface area contributed by atoms with Crippen molar-refractivity contribution in [2.45, 2.75) is 13.3 Å². The van der Waals surface area contributed by atoms with Gasteiger partial charge in [-0.15, -0.1) is 11.3 Å². The molecule has 0 bridgehead atoms. The molecule has 1 aromatic heterocycles. The van der Waals surface area contributed by atoms with Gasteiger partial charge in [0, 0.05) is 18.1 Å². The van der Waals surface area contributed by atoms with Gasteiger partial charge in [-0.2, -0.15) is 0 Å². The fourth-order valence-corrected chi connectivity index (χ4v) is 3.75. The molecule has 104 valence electrons. The van der Waals surface area contributed by atoms with Crippen molar-refractivity contribution in [2.75, 3.05) is 6.61 Å². The number of fused-ring (bicyclic) bond motifs is 2. The predicted octanol–water partition coefficient (Wildman–Crippen LogP) is 2.53. The zero-order valence-electron chi connectivity index (χ0n) is 11.3. The molecule has 0 unspecified atom stereocenters. The number of carbonyl (C=O) groups is 2. The first-order valence-electron chi connectivity index (χ1n) is 6.64. The summed E-state index contributed by atoms with van der Waals surface area (Å²) in [4.78, 5) is 29.1. The van der Waals surface area contributed by atoms with E-state index < -0.39 is 0 Å². The van der Waals surface area contributed by atoms with E-state index in [1.165, 1.54) is 17.4 Å². The lowest BCUT2D eigenvalue weighted by Crippen LogP contribution is -2.14. The van der Waals surface area contributed by atoms with Crippen LogP contribution in [0.4, 0.5) is 0 Å². The zero-order valence-corrected chi connectivity index (χ0v) is 12.1. The maximum Gasteiger partial charge on any atom is 0.205 e. The van der Waals surface area contributed by atoms with Crippen molar-refractivity contribution < 1.29 is 14.3 Å². The highest BCUT2D eigenvalue weighted by Crippen LogP contribution is 2.35. The number of thiazole rings is 1. The molecule has 2 aromatic rings. The SMILES string of the molecule is Cc1cccc2c1C(=O)c1sc(C3=CC(=O)CO3)nc1C2. The van der Waals surface area contributed by atoms with Crippen LogP contribution in [0.25, 0.3) is 5.76 Å². The van der Waals surface area contributed by atoms with Crippen molar-refractivity contribution in [3.05, 3.63) is 56.5 Å². The summed E-state index contributed by atoms with van der Waals surface area (Å²) in [6.07, 6.45) is 2.10. The molecule has 21 heavy (non-hydrogen) atoms. The summed E-state index contributed by atoms with van der Waals surface area (Å²) in [5.74, 6) is 0.439. The van der Waals surface area contributed by atoms with E-state index in [1.54, 1.807) is 0 Å². The first-order chi connectivity index (χ1) is 10.1. The molecule has 0 spiro atoms. The number of ether oxygens (including phenoxy) is 1. The minimum atomic E-state index is -0.0661. The normalized spacial score (nSPS) is 16.3. The number of aryl methyl sites for hydroxylation is 1. The Hall–Kier alpha value is -2.27. The van der Waals surface area contributed by atoms with Crippen LogP contribution in [-0.4, -0.2) is 23.2 Å². The number of hydrogen-bond acceptors (Lipinski definition) is 5. The molecule has 5 heteroatoms. The third kappa shape index (κ3) is 1.85. The number of rotatable bonds is 1. The predicted molar refractivity (Wildman–Crippen MR) is 78.5 cm³/mol. The lowest BCUT2D eigenvalue weighted by molar-refractivity contribution is -0.115. The quantitative estimate of drug-likeness (QED) is 0.692. The van der Waals surface area contributed by atoms with E-state index in [4.69, 9.17) is 4.74 Å². The highest BCUT2D eigenvalue weighted by atomic mass is 32.1. The molecule has 2 heterocycles. The topological polar surface area (TPSA) is 56.3 Å². The maximum absolute atomic E-state index is 12.7. The molecular formula is C16H11NO3S. The summed E-state index contributed by atoms with van der Waals surface area (Å²) in [5, 5.41) is 0.615. The van der Waals surface area contributed by atoms with Gasteiger partial charge in [0.1, 0.15) is 0 Å². The molecule has 1 aliphatic heterocycles. The van der Waals surface area contributed by atoms with Crippen molar-refractivity contribution in [1.29, 1.82) is 0 Å². The second-order valence-electron chi connectivity index (χ2n) is 5.17. The summed E-state index contributed by atoms with van der Waals surface area (Å²) >= 11 is 1.31. The molecule has 0 fully saturated rings. The Labute approximate surface area is 125 Å². The van der Waals surface area contributed by atoms with Gasteiger partial charge in [0.25, 0.3) is 0 Å². The fraction of sp³-hybridized carbons (Fsp3) is 0.188. The van der Waals surface area contributed by atoms with Gasteiger partial charge in [0.15, 0.2) is 23.2 Å². The molecule has 0 N–H and O–H groups in total. The van der Waals surface area contributed by atoms with Gasteiger partial charge in [0.2, 0.25) is 5.78 Å². The van der Waals surface area contributed by atoms with Crippen LogP contribution in [0, 0.1) is 6.92 Å². The third-order valence-corrected chi connectivity index (χ3v) is 4.83. The van der Waals surface area contributed by atoms with E-state index in [0.717, 1.165) is 22.4 Å². The minimum absolute atomic E-state index is 0.0259. The molecule has 0 radical (unpaired) electrons. The average Bonchev–Trinajstić information content (AvgIpc) is 3.05. The first-order valence-corrected chi connectivity index (χ1v) is 7.46. The Morgan fingerprint density at radius 2 is 2.14 bits per heavy atom. The largest absolute Gasteiger partial charge is 0.482 e. The fourth-order valence-electron chi connectivity index (χ4n) is 2.75. The van der Waals surface area contributed by atoms with Crippen LogP contribution in [0.3, 0.4) is 0 Å². The highest BCUT2D eigenvalue weighted by Gasteiger charge is 2.30. The average molecular weight is 297 g/mol. The Kier molecular flexibility index (Phi) is 2.59. The monoisotopic (exact) mass is 297 g/mol. The molecule has 0 saturated heterocycles. The number of carbonyl (C=O) groups excluding carboxylic acids is 2. The summed E-state index contributed by atoms with van der Waals surface area (Å²) in [7, 11) is 0. The molecule has 1 aromatic carbocycles. The minimum Gasteiger partial charge on any atom is -0.482 e. The number of ketones is 2. The van der Waals surface area contributed by atoms with Crippen molar-refractivity contribution in [1.82, 2.24) is 4.98 Å². The van der Waals surface area contributed by atoms with Crippen LogP contribution in [0.2, 0.25) is 0 Å². The van der Waals surface area contributed by atoms with Crippen LogP contribution >= 0.6 is 11.3 Å². The molecule has 0 amide bonds. The van der Waals surface area contributed by atoms with E-state index in [9.17, 15) is 9.59 Å². The second kappa shape index (κ2) is 4.36. The van der Waals surface area contributed by atoms with Crippen molar-refractivity contribution in [2.24, 2.45) is 0 Å². The van der Waals surface area contributed by atoms with Gasteiger partial charge >= 0.3 is 0 Å². The molecule has 1 aliphatic carbocycles. The van der Waals surface area contributed by atoms with E-state index >= 15 is 0 Å². The second-order valence-corrected chi connectivity index (χ2v) is 6.17. The van der Waals surface area contributed by atoms with Gasteiger partial charge in [-0.3, -0.25) is 9.59 Å². The molecule has 4 nitrogen and oxygen atoms in total. The molecule has 0 saturated carbocycles. The molecular weight excluding hydrogens is 286 g/mol. The number of hydrogen-bond donors (Lipinski definition) is 0. The maximum atomic E-state index is 12.7. The first kappa shape index (κ1) is 12.5. The molecule has 0 atom stereocenters. The van der Waals surface area contributed by atoms with Crippen molar-refractivity contribution in [3.63, 3.8) is 0 Å². The number of benzene rings is 1. The summed E-state index contributed by atoms with van der Waals surface area (Å²) < 4.78 is 5.31. The van der Waals surface area contributed by atoms with E-state index in [2.05, 4.69) is 4.98 Å². The third-order valence-electron chi connectivity index (χ3n) is 3.72. The van der Waals surface area contributed by atoms with Gasteiger partial charge in [0.05, 0.1) is 10.6 Å². The van der Waals surface area contributed by atoms with Crippen molar-refractivity contribution >= 4 is 28.7 Å². The van der Waals surface area contributed by atoms with E-state index in [1.807, 2.05) is 25.1 Å². The van der Waals surface area contributed by atoms with Gasteiger partial charge in [-0.1, -0.05) is 18.2 Å². The van der Waals surface area contributed by atoms with Gasteiger partial charge in [-0.05, 0) is 18.1 Å². The Morgan fingerprint density at radius 3 is 2.90 bits per heavy atom. The Morgan fingerprint density at radius 1 is 1.29 bits per heavy atom. The van der Waals surface area contributed by atoms with Crippen LogP contribution < -0.4 is 0 Å². The number of aromatic nitrogens is 1. The standard InChI is InChI=1S/C16H11NO3S/c1-8-3-2-4-9-5-11-15(14(19)13(8)9)21-16(17-11)12-6-10(18)7-20-12/h2-4,6H,5,7H2,1H3. The van der Waals surface area contributed by atoms with E-state index in [-0.39, 0.29) is 18.2 Å². The number of nitrogens with zero attached hydrogens (tertiary/aromatic N) is 1. The summed E-state index contributed by atoms with van der Waals surface area (Å²) in [6, 6.07) is 5.88.